The number of hydrogen-bond acceptors (Lipinski definition) is 5. The van der Waals surface area contributed by atoms with Crippen LogP contribution in [0.25, 0.3) is 11.0 Å². The lowest BCUT2D eigenvalue weighted by atomic mass is 10.1. The summed E-state index contributed by atoms with van der Waals surface area (Å²) in [6, 6.07) is 11.7. The van der Waals surface area contributed by atoms with E-state index in [4.69, 9.17) is 20.8 Å². The summed E-state index contributed by atoms with van der Waals surface area (Å²) < 4.78 is 10.5. The third kappa shape index (κ3) is 3.95. The SMILES string of the molecule is COc1ccc(Cl)cc1CN(C)Cc1cc(=O)oc2cc(O)ccc12. The Morgan fingerprint density at radius 2 is 1.88 bits per heavy atom. The number of fused-ring (bicyclic) bond motifs is 1. The first kappa shape index (κ1) is 17.3. The molecule has 0 unspecified atom stereocenters. The first-order valence-corrected chi connectivity index (χ1v) is 8.11. The van der Waals surface area contributed by atoms with Crippen molar-refractivity contribution in [3.8, 4) is 11.5 Å². The number of halogens is 1. The molecule has 0 saturated carbocycles. The molecule has 0 aliphatic heterocycles. The molecule has 0 bridgehead atoms. The minimum Gasteiger partial charge on any atom is -0.508 e. The fraction of sp³-hybridized carbons (Fsp3) is 0.211. The molecule has 2 aromatic carbocycles. The quantitative estimate of drug-likeness (QED) is 0.702. The van der Waals surface area contributed by atoms with E-state index >= 15 is 0 Å². The van der Waals surface area contributed by atoms with Gasteiger partial charge in [0, 0.05) is 41.2 Å². The van der Waals surface area contributed by atoms with Crippen LogP contribution in [0.1, 0.15) is 11.1 Å². The highest BCUT2D eigenvalue weighted by Gasteiger charge is 2.12. The number of phenols is 1. The summed E-state index contributed by atoms with van der Waals surface area (Å²) in [7, 11) is 3.57. The maximum Gasteiger partial charge on any atom is 0.336 e. The second-order valence-corrected chi connectivity index (χ2v) is 6.34. The number of ether oxygens (including phenoxy) is 1. The van der Waals surface area contributed by atoms with E-state index in [1.54, 1.807) is 25.3 Å². The van der Waals surface area contributed by atoms with Gasteiger partial charge in [-0.1, -0.05) is 11.6 Å². The van der Waals surface area contributed by atoms with Gasteiger partial charge in [0.25, 0.3) is 0 Å². The molecule has 0 atom stereocenters. The molecule has 3 aromatic rings. The second kappa shape index (κ2) is 7.17. The molecule has 6 heteroatoms. The number of rotatable bonds is 5. The van der Waals surface area contributed by atoms with Gasteiger partial charge in [-0.25, -0.2) is 4.79 Å². The molecular weight excluding hydrogens is 342 g/mol. The molecule has 1 aromatic heterocycles. The molecule has 0 spiro atoms. The van der Waals surface area contributed by atoms with Gasteiger partial charge in [-0.3, -0.25) is 4.90 Å². The van der Waals surface area contributed by atoms with Gasteiger partial charge in [0.05, 0.1) is 7.11 Å². The van der Waals surface area contributed by atoms with Crippen LogP contribution in [0.3, 0.4) is 0 Å². The lowest BCUT2D eigenvalue weighted by Crippen LogP contribution is -2.19. The van der Waals surface area contributed by atoms with Crippen molar-refractivity contribution in [3.63, 3.8) is 0 Å². The minimum atomic E-state index is -0.443. The van der Waals surface area contributed by atoms with Crippen molar-refractivity contribution in [2.45, 2.75) is 13.1 Å². The molecule has 1 N–H and O–H groups in total. The number of hydrogen-bond donors (Lipinski definition) is 1. The van der Waals surface area contributed by atoms with Gasteiger partial charge < -0.3 is 14.3 Å². The molecule has 0 aliphatic rings. The van der Waals surface area contributed by atoms with E-state index < -0.39 is 5.63 Å². The zero-order valence-corrected chi connectivity index (χ0v) is 14.7. The monoisotopic (exact) mass is 359 g/mol. The lowest BCUT2D eigenvalue weighted by molar-refractivity contribution is 0.310. The van der Waals surface area contributed by atoms with Crippen LogP contribution >= 0.6 is 11.6 Å². The van der Waals surface area contributed by atoms with Crippen LogP contribution in [0, 0.1) is 0 Å². The molecule has 5 nitrogen and oxygen atoms in total. The highest BCUT2D eigenvalue weighted by atomic mass is 35.5. The van der Waals surface area contributed by atoms with Gasteiger partial charge in [0.15, 0.2) is 0 Å². The van der Waals surface area contributed by atoms with Crippen molar-refractivity contribution in [2.75, 3.05) is 14.2 Å². The van der Waals surface area contributed by atoms with Crippen LogP contribution in [0.2, 0.25) is 5.02 Å². The first-order valence-electron chi connectivity index (χ1n) is 7.73. The van der Waals surface area contributed by atoms with Gasteiger partial charge in [0.2, 0.25) is 0 Å². The van der Waals surface area contributed by atoms with E-state index in [-0.39, 0.29) is 5.75 Å². The standard InChI is InChI=1S/C19H18ClNO4/c1-21(11-13-7-14(20)3-6-17(13)24-2)10-12-8-19(23)25-18-9-15(22)4-5-16(12)18/h3-9,22H,10-11H2,1-2H3. The van der Waals surface area contributed by atoms with Crippen molar-refractivity contribution in [2.24, 2.45) is 0 Å². The summed E-state index contributed by atoms with van der Waals surface area (Å²) in [5.74, 6) is 0.823. The van der Waals surface area contributed by atoms with Crippen molar-refractivity contribution < 1.29 is 14.3 Å². The van der Waals surface area contributed by atoms with Crippen LogP contribution in [0.4, 0.5) is 0 Å². The Labute approximate surface area is 150 Å². The zero-order valence-electron chi connectivity index (χ0n) is 14.0. The number of aromatic hydroxyl groups is 1. The third-order valence-electron chi connectivity index (χ3n) is 3.94. The average molecular weight is 360 g/mol. The molecule has 0 fully saturated rings. The number of nitrogens with zero attached hydrogens (tertiary/aromatic N) is 1. The van der Waals surface area contributed by atoms with Crippen molar-refractivity contribution in [3.05, 3.63) is 69.0 Å². The van der Waals surface area contributed by atoms with Crippen molar-refractivity contribution in [1.29, 1.82) is 0 Å². The van der Waals surface area contributed by atoms with Crippen molar-refractivity contribution >= 4 is 22.6 Å². The fourth-order valence-electron chi connectivity index (χ4n) is 2.86. The second-order valence-electron chi connectivity index (χ2n) is 5.90. The Kier molecular flexibility index (Phi) is 4.97. The minimum absolute atomic E-state index is 0.0600. The first-order chi connectivity index (χ1) is 12.0. The predicted molar refractivity (Wildman–Crippen MR) is 97.3 cm³/mol. The van der Waals surface area contributed by atoms with Gasteiger partial charge in [-0.2, -0.15) is 0 Å². The summed E-state index contributed by atoms with van der Waals surface area (Å²) >= 11 is 6.08. The smallest absolute Gasteiger partial charge is 0.336 e. The van der Waals surface area contributed by atoms with Crippen molar-refractivity contribution in [1.82, 2.24) is 4.90 Å². The van der Waals surface area contributed by atoms with E-state index in [2.05, 4.69) is 4.90 Å². The van der Waals surface area contributed by atoms with Crippen LogP contribution in [-0.2, 0) is 13.1 Å². The van der Waals surface area contributed by atoms with Gasteiger partial charge in [-0.05, 0) is 42.9 Å². The summed E-state index contributed by atoms with van der Waals surface area (Å²) in [6.45, 7) is 1.13. The van der Waals surface area contributed by atoms with E-state index in [0.29, 0.717) is 23.7 Å². The fourth-order valence-corrected chi connectivity index (χ4v) is 3.05. The Bertz CT molecular complexity index is 967. The average Bonchev–Trinajstić information content (AvgIpc) is 2.54. The van der Waals surface area contributed by atoms with Gasteiger partial charge in [0.1, 0.15) is 17.1 Å². The van der Waals surface area contributed by atoms with E-state index in [1.165, 1.54) is 12.1 Å². The summed E-state index contributed by atoms with van der Waals surface area (Å²) in [5.41, 5.74) is 1.72. The molecule has 0 saturated heterocycles. The maximum absolute atomic E-state index is 11.8. The number of phenolic OH excluding ortho intramolecular Hbond substituents is 1. The number of methoxy groups -OCH3 is 1. The Hall–Kier alpha value is -2.50. The molecule has 3 rings (SSSR count). The molecule has 130 valence electrons. The summed E-state index contributed by atoms with van der Waals surface area (Å²) in [4.78, 5) is 13.8. The lowest BCUT2D eigenvalue weighted by Gasteiger charge is -2.19. The molecule has 0 aliphatic carbocycles. The van der Waals surface area contributed by atoms with Crippen LogP contribution in [-0.4, -0.2) is 24.2 Å². The van der Waals surface area contributed by atoms with E-state index in [1.807, 2.05) is 19.2 Å². The molecule has 25 heavy (non-hydrogen) atoms. The highest BCUT2D eigenvalue weighted by Crippen LogP contribution is 2.26. The van der Waals surface area contributed by atoms with Crippen LogP contribution in [0.15, 0.2) is 51.7 Å². The van der Waals surface area contributed by atoms with E-state index in [0.717, 1.165) is 22.3 Å². The highest BCUT2D eigenvalue weighted by molar-refractivity contribution is 6.30. The Morgan fingerprint density at radius 3 is 2.64 bits per heavy atom. The normalized spacial score (nSPS) is 11.2. The Morgan fingerprint density at radius 1 is 1.12 bits per heavy atom. The van der Waals surface area contributed by atoms with E-state index in [9.17, 15) is 9.90 Å². The number of benzene rings is 2. The van der Waals surface area contributed by atoms with Gasteiger partial charge >= 0.3 is 5.63 Å². The molecule has 0 radical (unpaired) electrons. The molecule has 1 heterocycles. The van der Waals surface area contributed by atoms with Crippen LogP contribution < -0.4 is 10.4 Å². The topological polar surface area (TPSA) is 62.9 Å². The largest absolute Gasteiger partial charge is 0.508 e. The molecular formula is C19H18ClNO4. The maximum atomic E-state index is 11.8. The predicted octanol–water partition coefficient (Wildman–Crippen LogP) is 3.79. The molecule has 0 amide bonds. The Balaban J connectivity index is 1.89. The van der Waals surface area contributed by atoms with Gasteiger partial charge in [-0.15, -0.1) is 0 Å². The zero-order chi connectivity index (χ0) is 18.0. The summed E-state index contributed by atoms with van der Waals surface area (Å²) in [6.07, 6.45) is 0. The third-order valence-corrected chi connectivity index (χ3v) is 4.17. The van der Waals surface area contributed by atoms with Crippen LogP contribution in [0.5, 0.6) is 11.5 Å². The summed E-state index contributed by atoms with van der Waals surface area (Å²) in [5, 5.41) is 11.0.